The van der Waals surface area contributed by atoms with Crippen LogP contribution >= 0.6 is 0 Å². The number of ether oxygens (including phenoxy) is 2. The normalized spacial score (nSPS) is 15.8. The molecule has 38 heavy (non-hydrogen) atoms. The Kier molecular flexibility index (Phi) is 8.67. The zero-order valence-electron chi connectivity index (χ0n) is 22.7. The number of hydroxylamine groups is 2. The number of carbonyl (C=O) groups is 2. The highest BCUT2D eigenvalue weighted by Crippen LogP contribution is 2.30. The molecule has 0 fully saturated rings. The van der Waals surface area contributed by atoms with E-state index >= 15 is 0 Å². The summed E-state index contributed by atoms with van der Waals surface area (Å²) in [7, 11) is 0. The predicted molar refractivity (Wildman–Crippen MR) is 140 cm³/mol. The monoisotopic (exact) mass is 524 g/mol. The lowest BCUT2D eigenvalue weighted by Crippen LogP contribution is -2.43. The van der Waals surface area contributed by atoms with Crippen molar-refractivity contribution in [2.45, 2.75) is 78.2 Å². The Morgan fingerprint density at radius 1 is 1.05 bits per heavy atom. The van der Waals surface area contributed by atoms with Crippen LogP contribution in [0.25, 0.3) is 0 Å². The SMILES string of the molecule is CC(C#Cc1cccc(C2CC(c3ccc(F)cc3)=NO2)c1)N(OC(=O)OC(C)(C)C)C(=O)OC(C)(C)C. The van der Waals surface area contributed by atoms with E-state index in [9.17, 15) is 14.0 Å². The Morgan fingerprint density at radius 2 is 1.71 bits per heavy atom. The average Bonchev–Trinajstić information content (AvgIpc) is 3.30. The molecule has 0 bridgehead atoms. The first-order chi connectivity index (χ1) is 17.7. The molecule has 1 aliphatic rings. The van der Waals surface area contributed by atoms with E-state index in [1.807, 2.05) is 24.3 Å². The minimum Gasteiger partial charge on any atom is -0.442 e. The zero-order chi connectivity index (χ0) is 28.1. The highest BCUT2D eigenvalue weighted by Gasteiger charge is 2.31. The molecule has 0 N–H and O–H groups in total. The molecular formula is C29H33FN2O6. The standard InChI is InChI=1S/C29H33FN2O6/c1-19(32(26(33)35-28(2,3)4)38-27(34)36-29(5,6)7)11-12-20-9-8-10-22(17-20)25-18-24(31-37-25)21-13-15-23(30)16-14-21/h8-10,13-17,19,25H,18H2,1-7H3. The van der Waals surface area contributed by atoms with E-state index in [2.05, 4.69) is 17.0 Å². The van der Waals surface area contributed by atoms with Crippen molar-refractivity contribution in [3.63, 3.8) is 0 Å². The molecule has 0 radical (unpaired) electrons. The van der Waals surface area contributed by atoms with Crippen LogP contribution in [0.4, 0.5) is 14.0 Å². The Balaban J connectivity index is 1.73. The fourth-order valence-electron chi connectivity index (χ4n) is 3.36. The summed E-state index contributed by atoms with van der Waals surface area (Å²) in [5.74, 6) is 5.63. The average molecular weight is 525 g/mol. The van der Waals surface area contributed by atoms with Crippen molar-refractivity contribution in [1.29, 1.82) is 0 Å². The molecule has 1 heterocycles. The van der Waals surface area contributed by atoms with Gasteiger partial charge in [-0.15, -0.1) is 5.06 Å². The van der Waals surface area contributed by atoms with Crippen LogP contribution in [0.15, 0.2) is 53.7 Å². The van der Waals surface area contributed by atoms with Gasteiger partial charge < -0.3 is 14.3 Å². The van der Waals surface area contributed by atoms with Gasteiger partial charge in [-0.05, 0) is 83.9 Å². The third-order valence-electron chi connectivity index (χ3n) is 5.02. The van der Waals surface area contributed by atoms with Gasteiger partial charge in [-0.2, -0.15) is 0 Å². The minimum absolute atomic E-state index is 0.313. The Hall–Kier alpha value is -4.06. The van der Waals surface area contributed by atoms with Crippen molar-refractivity contribution in [3.8, 4) is 11.8 Å². The number of amides is 1. The van der Waals surface area contributed by atoms with E-state index in [1.165, 1.54) is 12.1 Å². The molecule has 202 valence electrons. The van der Waals surface area contributed by atoms with Crippen molar-refractivity contribution in [3.05, 3.63) is 71.0 Å². The van der Waals surface area contributed by atoms with Crippen molar-refractivity contribution in [2.24, 2.45) is 5.16 Å². The minimum atomic E-state index is -1.05. The summed E-state index contributed by atoms with van der Waals surface area (Å²) >= 11 is 0. The van der Waals surface area contributed by atoms with Crippen LogP contribution in [0.1, 0.15) is 77.7 Å². The molecule has 8 nitrogen and oxygen atoms in total. The maximum absolute atomic E-state index is 13.2. The van der Waals surface area contributed by atoms with Crippen LogP contribution in [0.5, 0.6) is 0 Å². The molecule has 0 aromatic heterocycles. The lowest BCUT2D eigenvalue weighted by atomic mass is 9.99. The first-order valence-corrected chi connectivity index (χ1v) is 12.2. The summed E-state index contributed by atoms with van der Waals surface area (Å²) in [5, 5.41) is 4.92. The van der Waals surface area contributed by atoms with E-state index in [1.54, 1.807) is 60.6 Å². The molecule has 2 unspecified atom stereocenters. The summed E-state index contributed by atoms with van der Waals surface area (Å²) in [6.07, 6.45) is -1.71. The predicted octanol–water partition coefficient (Wildman–Crippen LogP) is 6.54. The number of benzene rings is 2. The number of hydrogen-bond acceptors (Lipinski definition) is 7. The highest BCUT2D eigenvalue weighted by molar-refractivity contribution is 6.01. The van der Waals surface area contributed by atoms with Crippen molar-refractivity contribution in [2.75, 3.05) is 0 Å². The van der Waals surface area contributed by atoms with Crippen molar-refractivity contribution >= 4 is 18.0 Å². The van der Waals surface area contributed by atoms with Crippen LogP contribution in [-0.4, -0.2) is 40.3 Å². The molecule has 3 rings (SSSR count). The fraction of sp³-hybridized carbons (Fsp3) is 0.414. The van der Waals surface area contributed by atoms with Crippen LogP contribution in [0.3, 0.4) is 0 Å². The topological polar surface area (TPSA) is 86.7 Å². The smallest absolute Gasteiger partial charge is 0.442 e. The lowest BCUT2D eigenvalue weighted by Gasteiger charge is -2.28. The summed E-state index contributed by atoms with van der Waals surface area (Å²) in [4.78, 5) is 35.8. The van der Waals surface area contributed by atoms with E-state index in [0.29, 0.717) is 12.0 Å². The van der Waals surface area contributed by atoms with E-state index in [0.717, 1.165) is 21.9 Å². The number of rotatable bonds is 3. The van der Waals surface area contributed by atoms with Gasteiger partial charge in [-0.1, -0.05) is 41.3 Å². The molecule has 0 spiro atoms. The van der Waals surface area contributed by atoms with Crippen molar-refractivity contribution in [1.82, 2.24) is 5.06 Å². The zero-order valence-corrected chi connectivity index (χ0v) is 22.7. The number of oxime groups is 1. The summed E-state index contributed by atoms with van der Waals surface area (Å²) in [6.45, 7) is 11.8. The van der Waals surface area contributed by atoms with Crippen LogP contribution in [-0.2, 0) is 19.1 Å². The van der Waals surface area contributed by atoms with Gasteiger partial charge in [0.25, 0.3) is 0 Å². The molecule has 0 saturated heterocycles. The molecule has 0 saturated carbocycles. The van der Waals surface area contributed by atoms with Crippen molar-refractivity contribution < 1.29 is 33.1 Å². The first kappa shape index (κ1) is 28.5. The van der Waals surface area contributed by atoms with Gasteiger partial charge in [0.05, 0.1) is 5.71 Å². The molecule has 2 aromatic carbocycles. The third kappa shape index (κ3) is 8.51. The summed E-state index contributed by atoms with van der Waals surface area (Å²) in [5.41, 5.74) is 1.42. The first-order valence-electron chi connectivity index (χ1n) is 12.2. The summed E-state index contributed by atoms with van der Waals surface area (Å²) in [6, 6.07) is 12.7. The molecule has 2 aromatic rings. The van der Waals surface area contributed by atoms with Gasteiger partial charge in [0.15, 0.2) is 6.10 Å². The second-order valence-corrected chi connectivity index (χ2v) is 10.8. The van der Waals surface area contributed by atoms with Gasteiger partial charge in [0.1, 0.15) is 23.1 Å². The molecule has 0 aliphatic carbocycles. The number of halogens is 1. The third-order valence-corrected chi connectivity index (χ3v) is 5.02. The Bertz CT molecular complexity index is 1250. The van der Waals surface area contributed by atoms with Gasteiger partial charge in [0.2, 0.25) is 0 Å². The Morgan fingerprint density at radius 3 is 2.34 bits per heavy atom. The van der Waals surface area contributed by atoms with Gasteiger partial charge in [0, 0.05) is 12.0 Å². The van der Waals surface area contributed by atoms with Crippen LogP contribution in [0, 0.1) is 17.7 Å². The molecule has 2 atom stereocenters. The van der Waals surface area contributed by atoms with Gasteiger partial charge in [-0.3, -0.25) is 4.84 Å². The molecule has 9 heteroatoms. The fourth-order valence-corrected chi connectivity index (χ4v) is 3.36. The van der Waals surface area contributed by atoms with Crippen LogP contribution < -0.4 is 0 Å². The highest BCUT2D eigenvalue weighted by atomic mass is 19.1. The van der Waals surface area contributed by atoms with Gasteiger partial charge >= 0.3 is 12.2 Å². The quantitative estimate of drug-likeness (QED) is 0.258. The molecule has 1 aliphatic heterocycles. The maximum atomic E-state index is 13.2. The van der Waals surface area contributed by atoms with E-state index < -0.39 is 29.5 Å². The maximum Gasteiger partial charge on any atom is 0.534 e. The lowest BCUT2D eigenvalue weighted by molar-refractivity contribution is -0.144. The second kappa shape index (κ2) is 11.5. The number of nitrogens with zero attached hydrogens (tertiary/aromatic N) is 2. The van der Waals surface area contributed by atoms with E-state index in [4.69, 9.17) is 19.1 Å². The molecule has 1 amide bonds. The number of hydrogen-bond donors (Lipinski definition) is 0. The van der Waals surface area contributed by atoms with Crippen LogP contribution in [0.2, 0.25) is 0 Å². The number of carbonyl (C=O) groups excluding carboxylic acids is 2. The second-order valence-electron chi connectivity index (χ2n) is 10.8. The molecular weight excluding hydrogens is 491 g/mol. The largest absolute Gasteiger partial charge is 0.534 e. The van der Waals surface area contributed by atoms with Gasteiger partial charge in [-0.25, -0.2) is 14.0 Å². The summed E-state index contributed by atoms with van der Waals surface area (Å²) < 4.78 is 23.8. The van der Waals surface area contributed by atoms with E-state index in [-0.39, 0.29) is 11.9 Å². The Labute approximate surface area is 222 Å².